The smallest absolute Gasteiger partial charge is 0.255 e. The summed E-state index contributed by atoms with van der Waals surface area (Å²) >= 11 is 0. The molecule has 6 N–H and O–H groups in total. The maximum atomic E-state index is 14.5. The van der Waals surface area contributed by atoms with Crippen LogP contribution in [0.2, 0.25) is 0 Å². The number of aromatic hydroxyl groups is 1. The van der Waals surface area contributed by atoms with Crippen molar-refractivity contribution in [3.8, 4) is 5.75 Å². The second-order valence-corrected chi connectivity index (χ2v) is 13.6. The third kappa shape index (κ3) is 6.17. The number of carbonyl (C=O) groups is 3. The van der Waals surface area contributed by atoms with Gasteiger partial charge in [0.1, 0.15) is 34.4 Å². The lowest BCUT2D eigenvalue weighted by molar-refractivity contribution is -0.148. The van der Waals surface area contributed by atoms with Crippen LogP contribution in [0, 0.1) is 11.8 Å². The molecule has 0 saturated carbocycles. The second-order valence-electron chi connectivity index (χ2n) is 13.6. The number of likely N-dealkylation sites (N-methyl/N-ethyl adjacent to an activating group) is 1. The van der Waals surface area contributed by atoms with Crippen LogP contribution in [0.3, 0.4) is 0 Å². The number of aliphatic hydroxyl groups excluding tert-OH is 2. The number of amides is 1. The average Bonchev–Trinajstić information content (AvgIpc) is 3.78. The Morgan fingerprint density at radius 3 is 2.12 bits per heavy atom. The number of anilines is 1. The number of nitrogens with two attached hydrogens (primary N) is 1. The summed E-state index contributed by atoms with van der Waals surface area (Å²) in [6.07, 6.45) is 10.9. The highest BCUT2D eigenvalue weighted by molar-refractivity contribution is 6.25. The van der Waals surface area contributed by atoms with Gasteiger partial charge in [-0.3, -0.25) is 24.2 Å². The minimum Gasteiger partial charge on any atom is -0.510 e. The van der Waals surface area contributed by atoms with E-state index in [4.69, 9.17) is 14.6 Å². The van der Waals surface area contributed by atoms with Crippen molar-refractivity contribution in [1.29, 1.82) is 0 Å². The number of allylic oxidation sites excluding steroid dienone is 1. The Balaban J connectivity index is 1.41. The molecule has 0 radical (unpaired) electrons. The zero-order valence-electron chi connectivity index (χ0n) is 28.9. The Morgan fingerprint density at radius 2 is 1.61 bits per heavy atom. The number of rotatable bonds is 11. The number of furan rings is 2. The average molecular weight is 699 g/mol. The van der Waals surface area contributed by atoms with Gasteiger partial charge >= 0.3 is 0 Å². The van der Waals surface area contributed by atoms with Crippen molar-refractivity contribution >= 4 is 35.3 Å². The van der Waals surface area contributed by atoms with Crippen LogP contribution in [-0.2, 0) is 22.6 Å². The molecule has 268 valence electrons. The van der Waals surface area contributed by atoms with E-state index in [0.717, 1.165) is 0 Å². The van der Waals surface area contributed by atoms with E-state index in [1.54, 1.807) is 38.8 Å². The van der Waals surface area contributed by atoms with Crippen LogP contribution in [0.1, 0.15) is 39.4 Å². The molecule has 1 amide bonds. The molecule has 51 heavy (non-hydrogen) atoms. The highest BCUT2D eigenvalue weighted by Gasteiger charge is 2.63. The van der Waals surface area contributed by atoms with Gasteiger partial charge in [-0.05, 0) is 80.9 Å². The monoisotopic (exact) mass is 698 g/mol. The van der Waals surface area contributed by atoms with Crippen molar-refractivity contribution in [1.82, 2.24) is 9.80 Å². The third-order valence-electron chi connectivity index (χ3n) is 10.0. The molecule has 0 saturated heterocycles. The van der Waals surface area contributed by atoms with Gasteiger partial charge in [-0.15, -0.1) is 0 Å². The van der Waals surface area contributed by atoms with Crippen LogP contribution in [0.15, 0.2) is 86.5 Å². The first kappa shape index (κ1) is 35.5. The maximum Gasteiger partial charge on any atom is 0.255 e. The summed E-state index contributed by atoms with van der Waals surface area (Å²) in [6.45, 7) is 1.12. The largest absolute Gasteiger partial charge is 0.510 e. The van der Waals surface area contributed by atoms with Gasteiger partial charge in [-0.1, -0.05) is 12.2 Å². The summed E-state index contributed by atoms with van der Waals surface area (Å²) < 4.78 is 10.8. The lowest BCUT2D eigenvalue weighted by Crippen LogP contribution is -2.63. The van der Waals surface area contributed by atoms with Crippen LogP contribution < -0.4 is 10.6 Å². The lowest BCUT2D eigenvalue weighted by atomic mass is 9.58. The zero-order valence-corrected chi connectivity index (χ0v) is 28.9. The van der Waals surface area contributed by atoms with Crippen molar-refractivity contribution in [2.75, 3.05) is 46.2 Å². The molecule has 3 aliphatic carbocycles. The number of hydrogen-bond donors (Lipinski definition) is 5. The van der Waals surface area contributed by atoms with Crippen LogP contribution in [0.4, 0.5) is 5.69 Å². The summed E-state index contributed by atoms with van der Waals surface area (Å²) in [4.78, 5) is 45.9. The number of phenolic OH excluding ortho intramolecular Hbond substituents is 1. The fourth-order valence-corrected chi connectivity index (χ4v) is 7.73. The van der Waals surface area contributed by atoms with Gasteiger partial charge in [-0.25, -0.2) is 0 Å². The molecule has 3 aliphatic rings. The summed E-state index contributed by atoms with van der Waals surface area (Å²) in [5.41, 5.74) is 3.36. The van der Waals surface area contributed by atoms with E-state index in [9.17, 15) is 34.8 Å². The fraction of sp³-hybridized carbons (Fsp3) is 0.342. The molecule has 0 fully saturated rings. The number of fused-ring (bicyclic) bond motifs is 3. The van der Waals surface area contributed by atoms with Crippen LogP contribution >= 0.6 is 0 Å². The molecule has 13 heteroatoms. The molecule has 3 aromatic rings. The predicted octanol–water partition coefficient (Wildman–Crippen LogP) is 3.60. The fourth-order valence-electron chi connectivity index (χ4n) is 7.73. The standard InChI is InChI=1S/C38H42N4O9/c1-40(2)27-19-22(20-42(13-5-9-23-11-7-15-50-23)14-6-10-24-12-8-16-51-24)32(43)29-25(27)17-21-18-26-31(41(3)4)34(45)30(37(39)48)36(47)38(26,49)35(46)28(21)33(29)44/h5-12,15-16,19,21,26,31,43,45-46,49H,13-14,17-18,20H2,1-4H3,(H2,39,48)/b9-5+,10-6+/t21-,26-,31-,38-/m0/s1. The summed E-state index contributed by atoms with van der Waals surface area (Å²) in [6, 6.07) is 8.03. The number of nitrogens with zero attached hydrogens (tertiary/aromatic N) is 3. The molecular weight excluding hydrogens is 656 g/mol. The van der Waals surface area contributed by atoms with Crippen molar-refractivity contribution in [3.05, 3.63) is 106 Å². The first-order valence-electron chi connectivity index (χ1n) is 16.6. The molecule has 2 heterocycles. The van der Waals surface area contributed by atoms with Gasteiger partial charge in [0.15, 0.2) is 11.4 Å². The number of aliphatic hydroxyl groups is 3. The first-order chi connectivity index (χ1) is 24.2. The molecule has 0 spiro atoms. The minimum absolute atomic E-state index is 0.0128. The molecule has 2 aromatic heterocycles. The zero-order chi connectivity index (χ0) is 36.8. The number of Topliss-reactive ketones (excluding diaryl/α,β-unsaturated/α-hetero) is 2. The molecular formula is C38H42N4O9. The van der Waals surface area contributed by atoms with E-state index in [0.29, 0.717) is 41.4 Å². The highest BCUT2D eigenvalue weighted by atomic mass is 16.4. The van der Waals surface area contributed by atoms with Crippen LogP contribution in [0.25, 0.3) is 12.2 Å². The number of ketones is 2. The Kier molecular flexibility index (Phi) is 9.55. The van der Waals surface area contributed by atoms with E-state index in [2.05, 4.69) is 0 Å². The lowest BCUT2D eigenvalue weighted by Gasteiger charge is -2.50. The van der Waals surface area contributed by atoms with Gasteiger partial charge in [0.05, 0.1) is 24.1 Å². The molecule has 0 unspecified atom stereocenters. The number of benzene rings is 1. The SMILES string of the molecule is CN(C)c1cc(CN(C/C=C/c2ccco2)C/C=C/c2ccco2)c(O)c2c1C[C@H]1C[C@H]3[C@H](N(C)C)C(O)=C(C(N)=O)C(=O)[C@@]3(O)C(O)=C1C2=O. The third-order valence-corrected chi connectivity index (χ3v) is 10.0. The van der Waals surface area contributed by atoms with E-state index >= 15 is 0 Å². The highest BCUT2D eigenvalue weighted by Crippen LogP contribution is 2.53. The Labute approximate surface area is 294 Å². The Morgan fingerprint density at radius 1 is 1.00 bits per heavy atom. The van der Waals surface area contributed by atoms with Crippen molar-refractivity contribution in [3.63, 3.8) is 0 Å². The molecule has 6 rings (SSSR count). The number of carbonyl (C=O) groups excluding carboxylic acids is 3. The van der Waals surface area contributed by atoms with Crippen molar-refractivity contribution in [2.45, 2.75) is 31.0 Å². The maximum absolute atomic E-state index is 14.5. The van der Waals surface area contributed by atoms with Gasteiger partial charge in [-0.2, -0.15) is 0 Å². The van der Waals surface area contributed by atoms with E-state index < -0.39 is 58.0 Å². The number of phenols is 1. The number of hydrogen-bond acceptors (Lipinski definition) is 12. The number of primary amides is 1. The summed E-state index contributed by atoms with van der Waals surface area (Å²) in [7, 11) is 6.85. The van der Waals surface area contributed by atoms with Gasteiger partial charge in [0.25, 0.3) is 5.91 Å². The minimum atomic E-state index is -2.71. The van der Waals surface area contributed by atoms with Crippen molar-refractivity contribution in [2.24, 2.45) is 17.6 Å². The summed E-state index contributed by atoms with van der Waals surface area (Å²) in [5, 5.41) is 46.6. The van der Waals surface area contributed by atoms with E-state index in [1.807, 2.05) is 66.4 Å². The van der Waals surface area contributed by atoms with Crippen LogP contribution in [0.5, 0.6) is 5.75 Å². The van der Waals surface area contributed by atoms with Crippen molar-refractivity contribution < 1.29 is 43.6 Å². The van der Waals surface area contributed by atoms with E-state index in [1.165, 1.54) is 4.90 Å². The molecule has 1 aromatic carbocycles. The molecule has 4 atom stereocenters. The van der Waals surface area contributed by atoms with Gasteiger partial charge in [0.2, 0.25) is 5.78 Å². The first-order valence-corrected chi connectivity index (χ1v) is 16.6. The summed E-state index contributed by atoms with van der Waals surface area (Å²) in [5.74, 6) is -5.47. The normalized spacial score (nSPS) is 23.5. The topological polar surface area (TPSA) is 194 Å². The molecule has 0 bridgehead atoms. The van der Waals surface area contributed by atoms with Crippen LogP contribution in [-0.4, -0.2) is 101 Å². The Hall–Kier alpha value is -5.37. The van der Waals surface area contributed by atoms with Gasteiger partial charge in [0, 0.05) is 56.5 Å². The van der Waals surface area contributed by atoms with Gasteiger partial charge < -0.3 is 39.9 Å². The quantitative estimate of drug-likeness (QED) is 0.183. The van der Waals surface area contributed by atoms with E-state index in [-0.39, 0.29) is 36.3 Å². The predicted molar refractivity (Wildman–Crippen MR) is 189 cm³/mol. The molecule has 0 aliphatic heterocycles. The molecule has 13 nitrogen and oxygen atoms in total. The Bertz CT molecular complexity index is 1920. The second kappa shape index (κ2) is 13.7.